The fraction of sp³-hybridized carbons (Fsp3) is 0.333. The van der Waals surface area contributed by atoms with Crippen LogP contribution < -0.4 is 4.90 Å². The minimum atomic E-state index is -0.611. The van der Waals surface area contributed by atoms with E-state index in [0.29, 0.717) is 30.0 Å². The lowest BCUT2D eigenvalue weighted by Gasteiger charge is -2.36. The molecule has 3 aromatic rings. The van der Waals surface area contributed by atoms with Crippen LogP contribution >= 0.6 is 0 Å². The molecular formula is C21H20F2N4O. The molecule has 1 saturated heterocycles. The third-order valence-electron chi connectivity index (χ3n) is 5.59. The number of hydrogen-bond acceptors (Lipinski definition) is 3. The van der Waals surface area contributed by atoms with Gasteiger partial charge in [0.05, 0.1) is 5.69 Å². The van der Waals surface area contributed by atoms with Crippen LogP contribution in [0.4, 0.5) is 14.5 Å². The maximum atomic E-state index is 14.2. The molecule has 0 radical (unpaired) electrons. The molecular weight excluding hydrogens is 362 g/mol. The minimum absolute atomic E-state index is 0.247. The first kappa shape index (κ1) is 17.2. The number of fused-ring (bicyclic) bond motifs is 1. The van der Waals surface area contributed by atoms with Gasteiger partial charge < -0.3 is 14.8 Å². The topological polar surface area (TPSA) is 52.2 Å². The second kappa shape index (κ2) is 6.58. The van der Waals surface area contributed by atoms with E-state index in [4.69, 9.17) is 0 Å². The summed E-state index contributed by atoms with van der Waals surface area (Å²) < 4.78 is 27.4. The molecule has 144 valence electrons. The summed E-state index contributed by atoms with van der Waals surface area (Å²) in [6.07, 6.45) is 3.77. The molecule has 2 aliphatic rings. The Morgan fingerprint density at radius 1 is 1.07 bits per heavy atom. The molecule has 5 nitrogen and oxygen atoms in total. The molecule has 7 heteroatoms. The lowest BCUT2D eigenvalue weighted by molar-refractivity contribution is -0.132. The fourth-order valence-electron chi connectivity index (χ4n) is 3.90. The van der Waals surface area contributed by atoms with Crippen molar-refractivity contribution in [1.29, 1.82) is 0 Å². The fourth-order valence-corrected chi connectivity index (χ4v) is 3.90. The number of hydrogen-bond donors (Lipinski definition) is 1. The van der Waals surface area contributed by atoms with E-state index in [2.05, 4.69) is 14.9 Å². The number of rotatable bonds is 3. The highest BCUT2D eigenvalue weighted by molar-refractivity contribution is 5.94. The predicted molar refractivity (Wildman–Crippen MR) is 103 cm³/mol. The molecule has 1 aromatic carbocycles. The number of piperazine rings is 1. The number of pyridine rings is 1. The van der Waals surface area contributed by atoms with Gasteiger partial charge in [-0.05, 0) is 37.1 Å². The zero-order chi connectivity index (χ0) is 19.3. The zero-order valence-corrected chi connectivity index (χ0v) is 15.3. The van der Waals surface area contributed by atoms with Crippen LogP contribution in [0.15, 0.2) is 36.5 Å². The maximum Gasteiger partial charge on any atom is 0.225 e. The summed E-state index contributed by atoms with van der Waals surface area (Å²) in [6.45, 7) is 2.93. The van der Waals surface area contributed by atoms with E-state index in [0.717, 1.165) is 43.1 Å². The van der Waals surface area contributed by atoms with Crippen molar-refractivity contribution in [2.75, 3.05) is 31.1 Å². The molecule has 1 aliphatic heterocycles. The monoisotopic (exact) mass is 382 g/mol. The van der Waals surface area contributed by atoms with Crippen molar-refractivity contribution < 1.29 is 13.6 Å². The van der Waals surface area contributed by atoms with Gasteiger partial charge in [0.1, 0.15) is 17.3 Å². The lowest BCUT2D eigenvalue weighted by atomic mass is 10.1. The van der Waals surface area contributed by atoms with Crippen molar-refractivity contribution in [3.63, 3.8) is 0 Å². The van der Waals surface area contributed by atoms with Crippen LogP contribution in [0.3, 0.4) is 0 Å². The van der Waals surface area contributed by atoms with Gasteiger partial charge in [0.2, 0.25) is 5.91 Å². The number of aromatic amines is 1. The van der Waals surface area contributed by atoms with Crippen LogP contribution in [0, 0.1) is 17.6 Å². The van der Waals surface area contributed by atoms with Gasteiger partial charge in [-0.15, -0.1) is 0 Å². The highest BCUT2D eigenvalue weighted by atomic mass is 19.1. The van der Waals surface area contributed by atoms with Gasteiger partial charge >= 0.3 is 0 Å². The van der Waals surface area contributed by atoms with E-state index >= 15 is 0 Å². The molecule has 0 unspecified atom stereocenters. The van der Waals surface area contributed by atoms with Gasteiger partial charge in [0, 0.05) is 61.0 Å². The Hall–Kier alpha value is -2.96. The standard InChI is InChI=1S/C21H20F2N4O/c22-14-3-4-15(17(23)11-14)18-12-16-19(5-6-24-20(16)25-18)26-7-9-27(10-8-26)21(28)13-1-2-13/h3-6,11-13H,1-2,7-10H2,(H,24,25). The van der Waals surface area contributed by atoms with Crippen LogP contribution in [0.1, 0.15) is 12.8 Å². The number of H-pyrrole nitrogens is 1. The van der Waals surface area contributed by atoms with E-state index in [1.165, 1.54) is 12.1 Å². The summed E-state index contributed by atoms with van der Waals surface area (Å²) in [5.41, 5.74) is 2.54. The number of benzene rings is 1. The Morgan fingerprint density at radius 2 is 1.86 bits per heavy atom. The first-order valence-electron chi connectivity index (χ1n) is 9.57. The molecule has 0 spiro atoms. The van der Waals surface area contributed by atoms with Gasteiger partial charge in [-0.2, -0.15) is 0 Å². The van der Waals surface area contributed by atoms with Crippen molar-refractivity contribution in [3.05, 3.63) is 48.2 Å². The maximum absolute atomic E-state index is 14.2. The van der Waals surface area contributed by atoms with Crippen LogP contribution in [-0.4, -0.2) is 47.0 Å². The highest BCUT2D eigenvalue weighted by Gasteiger charge is 2.34. The van der Waals surface area contributed by atoms with Crippen LogP contribution in [0.25, 0.3) is 22.3 Å². The van der Waals surface area contributed by atoms with Crippen molar-refractivity contribution in [3.8, 4) is 11.3 Å². The summed E-state index contributed by atoms with van der Waals surface area (Å²) in [6, 6.07) is 7.35. The van der Waals surface area contributed by atoms with Crippen molar-refractivity contribution in [1.82, 2.24) is 14.9 Å². The van der Waals surface area contributed by atoms with Crippen LogP contribution in [0.5, 0.6) is 0 Å². The molecule has 5 rings (SSSR count). The number of halogens is 2. The molecule has 1 saturated carbocycles. The molecule has 1 aliphatic carbocycles. The second-order valence-electron chi connectivity index (χ2n) is 7.49. The SMILES string of the molecule is O=C(C1CC1)N1CCN(c2ccnc3[nH]c(-c4ccc(F)cc4F)cc23)CC1. The summed E-state index contributed by atoms with van der Waals surface area (Å²) >= 11 is 0. The average Bonchev–Trinajstić information content (AvgIpc) is 3.46. The van der Waals surface area contributed by atoms with Crippen LogP contribution in [0.2, 0.25) is 0 Å². The smallest absolute Gasteiger partial charge is 0.225 e. The molecule has 3 heterocycles. The summed E-state index contributed by atoms with van der Waals surface area (Å²) in [4.78, 5) is 24.0. The van der Waals surface area contributed by atoms with Gasteiger partial charge in [-0.1, -0.05) is 0 Å². The van der Waals surface area contributed by atoms with E-state index < -0.39 is 11.6 Å². The number of aromatic nitrogens is 2. The van der Waals surface area contributed by atoms with E-state index in [1.807, 2.05) is 17.0 Å². The number of nitrogens with one attached hydrogen (secondary N) is 1. The van der Waals surface area contributed by atoms with Crippen LogP contribution in [-0.2, 0) is 4.79 Å². The number of nitrogens with zero attached hydrogens (tertiary/aromatic N) is 3. The predicted octanol–water partition coefficient (Wildman–Crippen LogP) is 3.57. The summed E-state index contributed by atoms with van der Waals surface area (Å²) in [5.74, 6) is -0.678. The lowest BCUT2D eigenvalue weighted by Crippen LogP contribution is -2.49. The summed E-state index contributed by atoms with van der Waals surface area (Å²) in [7, 11) is 0. The molecule has 28 heavy (non-hydrogen) atoms. The second-order valence-corrected chi connectivity index (χ2v) is 7.49. The van der Waals surface area contributed by atoms with E-state index in [9.17, 15) is 13.6 Å². The third kappa shape index (κ3) is 3.00. The van der Waals surface area contributed by atoms with Crippen molar-refractivity contribution in [2.45, 2.75) is 12.8 Å². The Balaban J connectivity index is 1.42. The molecule has 1 amide bonds. The number of carbonyl (C=O) groups is 1. The number of carbonyl (C=O) groups excluding carboxylic acids is 1. The van der Waals surface area contributed by atoms with Gasteiger partial charge in [-0.25, -0.2) is 13.8 Å². The quantitative estimate of drug-likeness (QED) is 0.754. The molecule has 0 bridgehead atoms. The van der Waals surface area contributed by atoms with E-state index in [-0.39, 0.29) is 11.8 Å². The normalized spacial score (nSPS) is 17.4. The van der Waals surface area contributed by atoms with Gasteiger partial charge in [0.15, 0.2) is 0 Å². The average molecular weight is 382 g/mol. The van der Waals surface area contributed by atoms with Gasteiger partial charge in [-0.3, -0.25) is 4.79 Å². The molecule has 2 fully saturated rings. The Bertz CT molecular complexity index is 1050. The first-order chi connectivity index (χ1) is 13.6. The van der Waals surface area contributed by atoms with Crippen molar-refractivity contribution >= 4 is 22.6 Å². The molecule has 0 atom stereocenters. The number of anilines is 1. The Kier molecular flexibility index (Phi) is 4.03. The minimum Gasteiger partial charge on any atom is -0.367 e. The van der Waals surface area contributed by atoms with Gasteiger partial charge in [0.25, 0.3) is 0 Å². The molecule has 1 N–H and O–H groups in total. The molecule has 2 aromatic heterocycles. The zero-order valence-electron chi connectivity index (χ0n) is 15.3. The Morgan fingerprint density at radius 3 is 2.57 bits per heavy atom. The Labute approximate surface area is 161 Å². The largest absolute Gasteiger partial charge is 0.367 e. The van der Waals surface area contributed by atoms with Crippen molar-refractivity contribution in [2.24, 2.45) is 5.92 Å². The number of amides is 1. The third-order valence-corrected chi connectivity index (χ3v) is 5.59. The first-order valence-corrected chi connectivity index (χ1v) is 9.57. The highest BCUT2D eigenvalue weighted by Crippen LogP contribution is 2.34. The van der Waals surface area contributed by atoms with E-state index in [1.54, 1.807) is 6.20 Å². The summed E-state index contributed by atoms with van der Waals surface area (Å²) in [5, 5.41) is 0.892.